The Morgan fingerprint density at radius 1 is 0.972 bits per heavy atom. The van der Waals surface area contributed by atoms with Crippen molar-refractivity contribution in [1.82, 2.24) is 9.55 Å². The molecule has 188 valence electrons. The van der Waals surface area contributed by atoms with Crippen molar-refractivity contribution in [3.05, 3.63) is 86.7 Å². The third kappa shape index (κ3) is 4.92. The average molecular weight is 508 g/mol. The van der Waals surface area contributed by atoms with Gasteiger partial charge >= 0.3 is 5.69 Å². The highest BCUT2D eigenvalue weighted by Gasteiger charge is 2.26. The summed E-state index contributed by atoms with van der Waals surface area (Å²) in [5.74, 6) is 0.705. The van der Waals surface area contributed by atoms with Crippen molar-refractivity contribution in [1.29, 1.82) is 0 Å². The van der Waals surface area contributed by atoms with Gasteiger partial charge in [0.2, 0.25) is 10.0 Å². The molecule has 4 aromatic rings. The highest BCUT2D eigenvalue weighted by atomic mass is 32.2. The molecule has 0 saturated heterocycles. The number of anilines is 1. The quantitative estimate of drug-likeness (QED) is 0.418. The van der Waals surface area contributed by atoms with Crippen LogP contribution in [0.25, 0.3) is 27.6 Å². The second-order valence-electron chi connectivity index (χ2n) is 9.86. The first-order chi connectivity index (χ1) is 16.8. The molecule has 8 nitrogen and oxygen atoms in total. The number of rotatable bonds is 5. The molecule has 36 heavy (non-hydrogen) atoms. The zero-order chi connectivity index (χ0) is 26.4. The highest BCUT2D eigenvalue weighted by molar-refractivity contribution is 7.92. The van der Waals surface area contributed by atoms with E-state index < -0.39 is 21.3 Å². The summed E-state index contributed by atoms with van der Waals surface area (Å²) in [5.41, 5.74) is 3.27. The first kappa shape index (κ1) is 25.2. The van der Waals surface area contributed by atoms with E-state index in [1.54, 1.807) is 19.2 Å². The molecule has 0 aliphatic heterocycles. The molecule has 0 fully saturated rings. The van der Waals surface area contributed by atoms with E-state index in [2.05, 4.69) is 30.5 Å². The Morgan fingerprint density at radius 2 is 1.64 bits per heavy atom. The molecule has 0 amide bonds. The van der Waals surface area contributed by atoms with E-state index >= 15 is 0 Å². The van der Waals surface area contributed by atoms with Crippen LogP contribution in [0.15, 0.2) is 64.3 Å². The predicted molar refractivity (Wildman–Crippen MR) is 144 cm³/mol. The van der Waals surface area contributed by atoms with Crippen molar-refractivity contribution in [2.75, 3.05) is 18.1 Å². The molecule has 9 heteroatoms. The molecule has 0 unspecified atom stereocenters. The number of hydrogen-bond donors (Lipinski definition) is 2. The lowest BCUT2D eigenvalue weighted by Gasteiger charge is -2.27. The molecule has 0 atom stereocenters. The molecular formula is C27H29N3O5S. The van der Waals surface area contributed by atoms with Crippen LogP contribution in [0, 0.1) is 6.92 Å². The van der Waals surface area contributed by atoms with Crippen LogP contribution in [-0.2, 0) is 15.4 Å². The molecule has 4 rings (SSSR count). The van der Waals surface area contributed by atoms with Crippen LogP contribution < -0.4 is 20.7 Å². The maximum Gasteiger partial charge on any atom is 0.332 e. The number of ether oxygens (including phenoxy) is 1. The van der Waals surface area contributed by atoms with Crippen LogP contribution in [0.5, 0.6) is 5.75 Å². The Labute approximate surface area is 209 Å². The Hall–Kier alpha value is -3.85. The smallest absolute Gasteiger partial charge is 0.332 e. The molecular weight excluding hydrogens is 478 g/mol. The van der Waals surface area contributed by atoms with E-state index in [0.29, 0.717) is 17.1 Å². The zero-order valence-electron chi connectivity index (χ0n) is 21.1. The Bertz CT molecular complexity index is 1710. The number of nitrogens with one attached hydrogen (secondary N) is 2. The van der Waals surface area contributed by atoms with Crippen LogP contribution in [0.4, 0.5) is 5.69 Å². The van der Waals surface area contributed by atoms with Crippen molar-refractivity contribution in [2.24, 2.45) is 0 Å². The summed E-state index contributed by atoms with van der Waals surface area (Å²) in [5, 5.41) is 1.78. The summed E-state index contributed by atoms with van der Waals surface area (Å²) in [6.45, 7) is 8.13. The van der Waals surface area contributed by atoms with Gasteiger partial charge in [-0.05, 0) is 58.5 Å². The van der Waals surface area contributed by atoms with Gasteiger partial charge in [0.05, 0.1) is 19.1 Å². The second-order valence-corrected chi connectivity index (χ2v) is 11.6. The van der Waals surface area contributed by atoms with Crippen LogP contribution >= 0.6 is 0 Å². The lowest BCUT2D eigenvalue weighted by Crippen LogP contribution is -2.28. The summed E-state index contributed by atoms with van der Waals surface area (Å²) in [7, 11) is -1.76. The number of benzene rings is 3. The van der Waals surface area contributed by atoms with Gasteiger partial charge in [0.25, 0.3) is 5.56 Å². The highest BCUT2D eigenvalue weighted by Crippen LogP contribution is 2.44. The van der Waals surface area contributed by atoms with Crippen LogP contribution in [-0.4, -0.2) is 31.3 Å². The minimum absolute atomic E-state index is 0.308. The van der Waals surface area contributed by atoms with Gasteiger partial charge in [-0.15, -0.1) is 0 Å². The van der Waals surface area contributed by atoms with E-state index in [0.717, 1.165) is 39.3 Å². The van der Waals surface area contributed by atoms with Crippen LogP contribution in [0.2, 0.25) is 0 Å². The van der Waals surface area contributed by atoms with E-state index in [9.17, 15) is 18.0 Å². The van der Waals surface area contributed by atoms with Gasteiger partial charge in [-0.2, -0.15) is 0 Å². The number of H-pyrrole nitrogens is 1. The van der Waals surface area contributed by atoms with Gasteiger partial charge < -0.3 is 4.74 Å². The molecule has 0 aliphatic carbocycles. The monoisotopic (exact) mass is 507 g/mol. The Balaban J connectivity index is 2.00. The van der Waals surface area contributed by atoms with Gasteiger partial charge in [-0.25, -0.2) is 13.2 Å². The third-order valence-electron chi connectivity index (χ3n) is 6.04. The molecule has 1 heterocycles. The number of aromatic amines is 1. The van der Waals surface area contributed by atoms with Gasteiger partial charge in [-0.3, -0.25) is 19.1 Å². The summed E-state index contributed by atoms with van der Waals surface area (Å²) in [6, 6.07) is 14.5. The maximum atomic E-state index is 12.7. The minimum atomic E-state index is -3.38. The van der Waals surface area contributed by atoms with E-state index in [1.165, 1.54) is 16.8 Å². The second kappa shape index (κ2) is 8.98. The van der Waals surface area contributed by atoms with Crippen molar-refractivity contribution in [2.45, 2.75) is 33.1 Å². The summed E-state index contributed by atoms with van der Waals surface area (Å²) in [6.07, 6.45) is 2.59. The Kier molecular flexibility index (Phi) is 6.30. The summed E-state index contributed by atoms with van der Waals surface area (Å²) >= 11 is 0. The van der Waals surface area contributed by atoms with Crippen LogP contribution in [0.3, 0.4) is 0 Å². The van der Waals surface area contributed by atoms with Gasteiger partial charge in [-0.1, -0.05) is 39.0 Å². The minimum Gasteiger partial charge on any atom is -0.496 e. The van der Waals surface area contributed by atoms with Crippen molar-refractivity contribution < 1.29 is 13.2 Å². The first-order valence-corrected chi connectivity index (χ1v) is 13.2. The average Bonchev–Trinajstić information content (AvgIpc) is 2.77. The normalized spacial score (nSPS) is 12.1. The standard InChI is InChI=1S/C27H29N3O5S/c1-16-22(30-12-11-23(31)28-26(30)32)15-21(27(2,3)4)25(35-5)24(16)19-8-7-18-14-20(29-36(6,33)34)10-9-17(18)13-19/h7-15,29H,1-6H3,(H,28,31,32). The van der Waals surface area contributed by atoms with Crippen molar-refractivity contribution >= 4 is 26.5 Å². The lowest BCUT2D eigenvalue weighted by atomic mass is 9.82. The molecule has 0 spiro atoms. The Morgan fingerprint density at radius 3 is 2.25 bits per heavy atom. The van der Waals surface area contributed by atoms with Crippen LogP contribution in [0.1, 0.15) is 31.9 Å². The topological polar surface area (TPSA) is 110 Å². The summed E-state index contributed by atoms with van der Waals surface area (Å²) < 4.78 is 33.1. The third-order valence-corrected chi connectivity index (χ3v) is 6.65. The fraction of sp³-hybridized carbons (Fsp3) is 0.259. The van der Waals surface area contributed by atoms with E-state index in [1.807, 2.05) is 37.3 Å². The number of fused-ring (bicyclic) bond motifs is 1. The summed E-state index contributed by atoms with van der Waals surface area (Å²) in [4.78, 5) is 26.7. The van der Waals surface area contributed by atoms with Gasteiger partial charge in [0, 0.05) is 29.1 Å². The SMILES string of the molecule is COc1c(C(C)(C)C)cc(-n2ccc(=O)[nH]c2=O)c(C)c1-c1ccc2cc(NS(C)(=O)=O)ccc2c1. The largest absolute Gasteiger partial charge is 0.496 e. The molecule has 0 radical (unpaired) electrons. The predicted octanol–water partition coefficient (Wildman–Crippen LogP) is 4.33. The van der Waals surface area contributed by atoms with E-state index in [4.69, 9.17) is 4.74 Å². The fourth-order valence-electron chi connectivity index (χ4n) is 4.40. The lowest BCUT2D eigenvalue weighted by molar-refractivity contribution is 0.399. The van der Waals surface area contributed by atoms with Gasteiger partial charge in [0.15, 0.2) is 0 Å². The molecule has 3 aromatic carbocycles. The molecule has 2 N–H and O–H groups in total. The maximum absolute atomic E-state index is 12.7. The fourth-order valence-corrected chi connectivity index (χ4v) is 4.95. The van der Waals surface area contributed by atoms with Crippen molar-refractivity contribution in [3.63, 3.8) is 0 Å². The first-order valence-electron chi connectivity index (χ1n) is 11.3. The molecule has 0 bridgehead atoms. The molecule has 0 saturated carbocycles. The number of hydrogen-bond acceptors (Lipinski definition) is 5. The number of nitrogens with zero attached hydrogens (tertiary/aromatic N) is 1. The molecule has 1 aromatic heterocycles. The molecule has 0 aliphatic rings. The number of methoxy groups -OCH3 is 1. The zero-order valence-corrected chi connectivity index (χ0v) is 21.9. The van der Waals surface area contributed by atoms with E-state index in [-0.39, 0.29) is 5.41 Å². The van der Waals surface area contributed by atoms with Gasteiger partial charge in [0.1, 0.15) is 5.75 Å². The number of aromatic nitrogens is 2. The van der Waals surface area contributed by atoms with Crippen molar-refractivity contribution in [3.8, 4) is 22.6 Å². The number of sulfonamides is 1.